The van der Waals surface area contributed by atoms with E-state index >= 15 is 0 Å². The highest BCUT2D eigenvalue weighted by Crippen LogP contribution is 2.39. The molecule has 8 heteroatoms. The van der Waals surface area contributed by atoms with Crippen molar-refractivity contribution in [2.75, 3.05) is 6.61 Å². The van der Waals surface area contributed by atoms with E-state index in [1.165, 1.54) is 0 Å². The van der Waals surface area contributed by atoms with Crippen molar-refractivity contribution in [3.05, 3.63) is 29.8 Å². The molecule has 1 aromatic rings. The fourth-order valence-corrected chi connectivity index (χ4v) is 4.16. The smallest absolute Gasteiger partial charge is 0.493 e. The van der Waals surface area contributed by atoms with Gasteiger partial charge in [-0.25, -0.2) is 0 Å². The average Bonchev–Trinajstić information content (AvgIpc) is 3.30. The summed E-state index contributed by atoms with van der Waals surface area (Å²) in [5.74, 6) is 0.512. The van der Waals surface area contributed by atoms with E-state index in [1.54, 1.807) is 0 Å². The van der Waals surface area contributed by atoms with Crippen LogP contribution in [-0.4, -0.2) is 48.3 Å². The van der Waals surface area contributed by atoms with Crippen LogP contribution in [0.15, 0.2) is 24.3 Å². The maximum atomic E-state index is 12.6. The van der Waals surface area contributed by atoms with E-state index in [-0.39, 0.29) is 30.0 Å². The number of fused-ring (bicyclic) bond motifs is 3. The quantitative estimate of drug-likeness (QED) is 0.514. The Morgan fingerprint density at radius 3 is 2.92 bits per heavy atom. The summed E-state index contributed by atoms with van der Waals surface area (Å²) >= 11 is 0. The van der Waals surface area contributed by atoms with Crippen molar-refractivity contribution in [2.45, 2.75) is 50.0 Å². The predicted molar refractivity (Wildman–Crippen MR) is 88.5 cm³/mol. The molecule has 0 spiro atoms. The number of hydrogen-bond acceptors (Lipinski definition) is 6. The van der Waals surface area contributed by atoms with Crippen LogP contribution in [-0.2, 0) is 14.2 Å². The van der Waals surface area contributed by atoms with E-state index in [2.05, 4.69) is 5.32 Å². The van der Waals surface area contributed by atoms with E-state index in [9.17, 15) is 14.8 Å². The number of nitrogens with one attached hydrogen (secondary N) is 1. The average molecular weight is 347 g/mol. The van der Waals surface area contributed by atoms with Crippen LogP contribution in [0.25, 0.3) is 0 Å². The van der Waals surface area contributed by atoms with Crippen molar-refractivity contribution >= 4 is 13.2 Å². The van der Waals surface area contributed by atoms with E-state index in [0.717, 1.165) is 30.6 Å². The Labute approximate surface area is 146 Å². The van der Waals surface area contributed by atoms with Gasteiger partial charge in [-0.1, -0.05) is 18.2 Å². The van der Waals surface area contributed by atoms with E-state index < -0.39 is 13.5 Å². The number of para-hydroxylation sites is 1. The first-order chi connectivity index (χ1) is 12.1. The van der Waals surface area contributed by atoms with Gasteiger partial charge in [0.05, 0.1) is 24.7 Å². The van der Waals surface area contributed by atoms with Crippen LogP contribution in [0.5, 0.6) is 5.75 Å². The summed E-state index contributed by atoms with van der Waals surface area (Å²) in [6.07, 6.45) is 2.40. The molecular formula is C17H22BNO6. The van der Waals surface area contributed by atoms with Gasteiger partial charge in [-0.05, 0) is 25.3 Å². The van der Waals surface area contributed by atoms with Gasteiger partial charge in [0.1, 0.15) is 12.0 Å². The van der Waals surface area contributed by atoms with Gasteiger partial charge < -0.3 is 29.5 Å². The molecule has 2 saturated heterocycles. The van der Waals surface area contributed by atoms with Gasteiger partial charge in [0, 0.05) is 17.9 Å². The standard InChI is InChI=1S/C17H22BNO6/c20-17(13-8-11-5-6-15(13)24-11)19-16(25-18(21)22)7-10-9-23-14-4-2-1-3-12(10)14/h1-4,10-11,13,15-16,21-22H,5-9H2,(H,19,20)/t10-,11-,13+,15+,16+/m0/s1. The molecule has 1 aromatic carbocycles. The number of rotatable bonds is 6. The van der Waals surface area contributed by atoms with Gasteiger partial charge in [0.2, 0.25) is 5.91 Å². The molecule has 3 aliphatic heterocycles. The summed E-state index contributed by atoms with van der Waals surface area (Å²) in [5, 5.41) is 21.2. The maximum Gasteiger partial charge on any atom is 0.635 e. The monoisotopic (exact) mass is 347 g/mol. The molecular weight excluding hydrogens is 325 g/mol. The Balaban J connectivity index is 1.41. The molecule has 7 nitrogen and oxygen atoms in total. The molecule has 3 aliphatic rings. The number of carbonyl (C=O) groups is 1. The van der Waals surface area contributed by atoms with Crippen LogP contribution in [0.1, 0.15) is 37.2 Å². The molecule has 1 amide bonds. The van der Waals surface area contributed by atoms with Crippen LogP contribution in [0.3, 0.4) is 0 Å². The summed E-state index contributed by atoms with van der Waals surface area (Å²) in [6, 6.07) is 7.72. The number of carbonyl (C=O) groups excluding carboxylic acids is 1. The first kappa shape index (κ1) is 16.8. The molecule has 2 fully saturated rings. The highest BCUT2D eigenvalue weighted by molar-refractivity contribution is 6.32. The van der Waals surface area contributed by atoms with Crippen LogP contribution in [0.2, 0.25) is 0 Å². The highest BCUT2D eigenvalue weighted by atomic mass is 16.6. The van der Waals surface area contributed by atoms with Crippen molar-refractivity contribution in [3.63, 3.8) is 0 Å². The van der Waals surface area contributed by atoms with Gasteiger partial charge in [-0.15, -0.1) is 0 Å². The third kappa shape index (κ3) is 3.53. The summed E-state index contributed by atoms with van der Waals surface area (Å²) in [4.78, 5) is 12.6. The van der Waals surface area contributed by atoms with Crippen molar-refractivity contribution in [1.82, 2.24) is 5.32 Å². The topological polar surface area (TPSA) is 97.3 Å². The molecule has 0 aliphatic carbocycles. The van der Waals surface area contributed by atoms with Crippen molar-refractivity contribution < 1.29 is 29.0 Å². The minimum atomic E-state index is -1.95. The van der Waals surface area contributed by atoms with Crippen LogP contribution < -0.4 is 10.1 Å². The molecule has 0 radical (unpaired) electrons. The normalized spacial score (nSPS) is 30.6. The summed E-state index contributed by atoms with van der Waals surface area (Å²) in [6.45, 7) is 0.480. The van der Waals surface area contributed by atoms with Crippen LogP contribution >= 0.6 is 0 Å². The van der Waals surface area contributed by atoms with Gasteiger partial charge in [-0.2, -0.15) is 0 Å². The third-order valence-corrected chi connectivity index (χ3v) is 5.33. The highest BCUT2D eigenvalue weighted by Gasteiger charge is 2.45. The number of ether oxygens (including phenoxy) is 2. The lowest BCUT2D eigenvalue weighted by Crippen LogP contribution is -2.46. The zero-order valence-electron chi connectivity index (χ0n) is 13.8. The minimum Gasteiger partial charge on any atom is -0.493 e. The van der Waals surface area contributed by atoms with E-state index in [1.807, 2.05) is 24.3 Å². The van der Waals surface area contributed by atoms with Crippen molar-refractivity contribution in [3.8, 4) is 5.75 Å². The number of amides is 1. The Morgan fingerprint density at radius 1 is 1.36 bits per heavy atom. The number of benzene rings is 1. The Morgan fingerprint density at radius 2 is 2.20 bits per heavy atom. The van der Waals surface area contributed by atoms with Crippen molar-refractivity contribution in [2.24, 2.45) is 5.92 Å². The van der Waals surface area contributed by atoms with Gasteiger partial charge in [0.15, 0.2) is 0 Å². The molecule has 3 heterocycles. The molecule has 25 heavy (non-hydrogen) atoms. The molecule has 5 atom stereocenters. The maximum absolute atomic E-state index is 12.6. The fraction of sp³-hybridized carbons (Fsp3) is 0.588. The largest absolute Gasteiger partial charge is 0.635 e. The van der Waals surface area contributed by atoms with E-state index in [0.29, 0.717) is 13.0 Å². The molecule has 4 rings (SSSR count). The lowest BCUT2D eigenvalue weighted by molar-refractivity contribution is -0.129. The molecule has 134 valence electrons. The second-order valence-electron chi connectivity index (χ2n) is 6.96. The first-order valence-electron chi connectivity index (χ1n) is 8.79. The van der Waals surface area contributed by atoms with Gasteiger partial charge in [0.25, 0.3) is 0 Å². The van der Waals surface area contributed by atoms with Gasteiger partial charge in [-0.3, -0.25) is 4.79 Å². The number of hydrogen-bond donors (Lipinski definition) is 3. The molecule has 0 aromatic heterocycles. The lowest BCUT2D eigenvalue weighted by atomic mass is 9.88. The van der Waals surface area contributed by atoms with Crippen molar-refractivity contribution in [1.29, 1.82) is 0 Å². The molecule has 0 saturated carbocycles. The third-order valence-electron chi connectivity index (χ3n) is 5.33. The first-order valence-corrected chi connectivity index (χ1v) is 8.79. The van der Waals surface area contributed by atoms with Crippen LogP contribution in [0.4, 0.5) is 0 Å². The Hall–Kier alpha value is -1.61. The Kier molecular flexibility index (Phi) is 4.68. The van der Waals surface area contributed by atoms with Crippen LogP contribution in [0, 0.1) is 5.92 Å². The lowest BCUT2D eigenvalue weighted by Gasteiger charge is -2.25. The molecule has 2 bridgehead atoms. The summed E-state index contributed by atoms with van der Waals surface area (Å²) in [7, 11) is -1.95. The van der Waals surface area contributed by atoms with E-state index in [4.69, 9.17) is 14.1 Å². The SMILES string of the molecule is O=C(N[C@@H](C[C@H]1COc2ccccc21)OB(O)O)[C@@H]1C[C@@H]2CC[C@H]1O2. The second-order valence-corrected chi connectivity index (χ2v) is 6.96. The molecule has 0 unspecified atom stereocenters. The fourth-order valence-electron chi connectivity index (χ4n) is 4.16. The zero-order valence-corrected chi connectivity index (χ0v) is 13.8. The Bertz CT molecular complexity index is 641. The second kappa shape index (κ2) is 6.95. The van der Waals surface area contributed by atoms with Gasteiger partial charge >= 0.3 is 7.32 Å². The minimum absolute atomic E-state index is 0.0246. The summed E-state index contributed by atoms with van der Waals surface area (Å²) in [5.41, 5.74) is 1.04. The predicted octanol–water partition coefficient (Wildman–Crippen LogP) is 0.549. The summed E-state index contributed by atoms with van der Waals surface area (Å²) < 4.78 is 16.5. The molecule has 3 N–H and O–H groups in total. The zero-order chi connectivity index (χ0) is 17.4.